The molecule has 0 aromatic rings. The molecule has 0 spiro atoms. The lowest BCUT2D eigenvalue weighted by Gasteiger charge is -2.08. The Morgan fingerprint density at radius 2 is 2.33 bits per heavy atom. The van der Waals surface area contributed by atoms with Crippen LogP contribution < -0.4 is 0 Å². The summed E-state index contributed by atoms with van der Waals surface area (Å²) in [6.07, 6.45) is -0.171. The van der Waals surface area contributed by atoms with Gasteiger partial charge in [0.05, 0.1) is 12.7 Å². The van der Waals surface area contributed by atoms with E-state index in [9.17, 15) is 0 Å². The molecule has 1 fully saturated rings. The summed E-state index contributed by atoms with van der Waals surface area (Å²) in [7, 11) is 1.89. The molecule has 0 aromatic carbocycles. The minimum Gasteiger partial charge on any atom is -0.394 e. The van der Waals surface area contributed by atoms with Gasteiger partial charge in [0.25, 0.3) is 0 Å². The van der Waals surface area contributed by atoms with Gasteiger partial charge in [0.2, 0.25) is 0 Å². The van der Waals surface area contributed by atoms with Crippen molar-refractivity contribution in [3.05, 3.63) is 0 Å². The number of hydrogen-bond donors (Lipinski definition) is 2. The van der Waals surface area contributed by atoms with Crippen LogP contribution in [0.4, 0.5) is 0 Å². The van der Waals surface area contributed by atoms with Gasteiger partial charge in [-0.1, -0.05) is 0 Å². The molecule has 3 atom stereocenters. The summed E-state index contributed by atoms with van der Waals surface area (Å²) < 4.78 is 5.12. The number of aliphatic hydroxyl groups excluding tert-OH is 2. The lowest BCUT2D eigenvalue weighted by atomic mass is 9.96. The van der Waals surface area contributed by atoms with Gasteiger partial charge in [0.1, 0.15) is 14.0 Å². The van der Waals surface area contributed by atoms with Gasteiger partial charge < -0.3 is 14.9 Å². The van der Waals surface area contributed by atoms with Gasteiger partial charge in [0.15, 0.2) is 0 Å². The van der Waals surface area contributed by atoms with Crippen molar-refractivity contribution >= 4 is 7.85 Å². The van der Waals surface area contributed by atoms with Crippen LogP contribution in [0, 0.1) is 0 Å². The van der Waals surface area contributed by atoms with Crippen molar-refractivity contribution in [1.29, 1.82) is 0 Å². The molecule has 0 aromatic heterocycles. The third kappa shape index (κ3) is 1.44. The van der Waals surface area contributed by atoms with Gasteiger partial charge in [-0.15, -0.1) is 0 Å². The zero-order chi connectivity index (χ0) is 6.85. The maximum absolute atomic E-state index is 9.07. The predicted octanol–water partition coefficient (Wildman–Crippen LogP) is -1.91. The van der Waals surface area contributed by atoms with Crippen molar-refractivity contribution in [3.8, 4) is 0 Å². The number of ether oxygens (including phenoxy) is 1. The van der Waals surface area contributed by atoms with Crippen LogP contribution in [-0.4, -0.2) is 42.9 Å². The molecule has 52 valence electrons. The van der Waals surface area contributed by atoms with Crippen LogP contribution in [0.15, 0.2) is 0 Å². The number of rotatable bonds is 1. The SMILES string of the molecule is B[C@H]1C[C@H](O)[C@@H](CO)O1. The van der Waals surface area contributed by atoms with Crippen LogP contribution in [0.5, 0.6) is 0 Å². The molecule has 2 N–H and O–H groups in total. The number of aliphatic hydroxyl groups is 2. The van der Waals surface area contributed by atoms with Crippen molar-refractivity contribution in [3.63, 3.8) is 0 Å². The monoisotopic (exact) mass is 130 g/mol. The summed E-state index contributed by atoms with van der Waals surface area (Å²) in [6.45, 7) is -0.0779. The van der Waals surface area contributed by atoms with Gasteiger partial charge in [-0.05, 0) is 6.42 Å². The maximum Gasteiger partial charge on any atom is 0.139 e. The molecule has 1 aliphatic rings. The van der Waals surface area contributed by atoms with Gasteiger partial charge in [-0.25, -0.2) is 0 Å². The van der Waals surface area contributed by atoms with E-state index in [0.717, 1.165) is 0 Å². The lowest BCUT2D eigenvalue weighted by molar-refractivity contribution is -0.00408. The Hall–Kier alpha value is -0.0551. The van der Waals surface area contributed by atoms with E-state index < -0.39 is 6.10 Å². The third-order valence-electron chi connectivity index (χ3n) is 1.59. The standard InChI is InChI=1S/C5H11BO3/c6-5-1-3(8)4(2-7)9-5/h3-5,7-8H,1-2,6H2/t3-,4+,5+/m0/s1. The first-order valence-electron chi connectivity index (χ1n) is 3.18. The largest absolute Gasteiger partial charge is 0.394 e. The van der Waals surface area contributed by atoms with E-state index in [4.69, 9.17) is 14.9 Å². The molecule has 1 heterocycles. The highest BCUT2D eigenvalue weighted by atomic mass is 16.5. The van der Waals surface area contributed by atoms with Crippen LogP contribution in [0.25, 0.3) is 0 Å². The highest BCUT2D eigenvalue weighted by Gasteiger charge is 2.29. The zero-order valence-electron chi connectivity index (χ0n) is 5.45. The van der Waals surface area contributed by atoms with Crippen LogP contribution >= 0.6 is 0 Å². The van der Waals surface area contributed by atoms with Crippen molar-refractivity contribution in [2.24, 2.45) is 0 Å². The quantitative estimate of drug-likeness (QED) is 0.407. The number of hydrogen-bond acceptors (Lipinski definition) is 3. The normalized spacial score (nSPS) is 43.6. The summed E-state index contributed by atoms with van der Waals surface area (Å²) >= 11 is 0. The second-order valence-electron chi connectivity index (χ2n) is 2.47. The van der Waals surface area contributed by atoms with Gasteiger partial charge >= 0.3 is 0 Å². The Morgan fingerprint density at radius 3 is 2.56 bits per heavy atom. The first-order chi connectivity index (χ1) is 4.24. The minimum atomic E-state index is -0.468. The van der Waals surface area contributed by atoms with E-state index in [-0.39, 0.29) is 18.7 Å². The first-order valence-corrected chi connectivity index (χ1v) is 3.18. The molecule has 1 rings (SSSR count). The van der Waals surface area contributed by atoms with Crippen LogP contribution in [0.3, 0.4) is 0 Å². The minimum absolute atomic E-state index is 0.0779. The zero-order valence-corrected chi connectivity index (χ0v) is 5.45. The molecule has 3 nitrogen and oxygen atoms in total. The van der Waals surface area contributed by atoms with Gasteiger partial charge in [0, 0.05) is 6.00 Å². The molecular formula is C5H11BO3. The molecule has 0 unspecified atom stereocenters. The van der Waals surface area contributed by atoms with Crippen LogP contribution in [-0.2, 0) is 4.74 Å². The summed E-state index contributed by atoms with van der Waals surface area (Å²) in [4.78, 5) is 0. The lowest BCUT2D eigenvalue weighted by Crippen LogP contribution is -2.24. The fourth-order valence-electron chi connectivity index (χ4n) is 1.10. The summed E-state index contributed by atoms with van der Waals surface area (Å²) in [5.74, 6) is 0. The Labute approximate surface area is 55.0 Å². The molecule has 1 aliphatic heterocycles. The van der Waals surface area contributed by atoms with E-state index in [1.165, 1.54) is 0 Å². The fraction of sp³-hybridized carbons (Fsp3) is 1.00. The summed E-state index contributed by atoms with van der Waals surface area (Å²) in [5.41, 5.74) is 0. The summed E-state index contributed by atoms with van der Waals surface area (Å²) in [6, 6.07) is 0.0946. The van der Waals surface area contributed by atoms with Crippen LogP contribution in [0.1, 0.15) is 6.42 Å². The molecule has 0 amide bonds. The Balaban J connectivity index is 2.38. The molecule has 0 bridgehead atoms. The average Bonchev–Trinajstić information content (AvgIpc) is 2.10. The van der Waals surface area contributed by atoms with E-state index in [1.807, 2.05) is 7.85 Å². The second kappa shape index (κ2) is 2.69. The van der Waals surface area contributed by atoms with E-state index in [1.54, 1.807) is 0 Å². The smallest absolute Gasteiger partial charge is 0.139 e. The van der Waals surface area contributed by atoms with Crippen molar-refractivity contribution in [2.45, 2.75) is 24.6 Å². The molecule has 0 radical (unpaired) electrons. The Morgan fingerprint density at radius 1 is 1.67 bits per heavy atom. The first kappa shape index (κ1) is 7.06. The molecule has 4 heteroatoms. The fourth-order valence-corrected chi connectivity index (χ4v) is 1.10. The topological polar surface area (TPSA) is 49.7 Å². The Bertz CT molecular complexity index is 98.2. The highest BCUT2D eigenvalue weighted by molar-refractivity contribution is 6.11. The predicted molar refractivity (Wildman–Crippen MR) is 34.9 cm³/mol. The molecule has 0 saturated carbocycles. The van der Waals surface area contributed by atoms with Crippen molar-refractivity contribution < 1.29 is 14.9 Å². The molecule has 1 saturated heterocycles. The van der Waals surface area contributed by atoms with E-state index >= 15 is 0 Å². The molecule has 9 heavy (non-hydrogen) atoms. The maximum atomic E-state index is 9.07. The van der Waals surface area contributed by atoms with E-state index in [0.29, 0.717) is 6.42 Å². The van der Waals surface area contributed by atoms with Gasteiger partial charge in [-0.3, -0.25) is 0 Å². The van der Waals surface area contributed by atoms with Gasteiger partial charge in [-0.2, -0.15) is 0 Å². The van der Waals surface area contributed by atoms with Crippen molar-refractivity contribution in [1.82, 2.24) is 0 Å². The highest BCUT2D eigenvalue weighted by Crippen LogP contribution is 2.17. The molecular weight excluding hydrogens is 119 g/mol. The second-order valence-corrected chi connectivity index (χ2v) is 2.47. The molecule has 0 aliphatic carbocycles. The average molecular weight is 130 g/mol. The summed E-state index contributed by atoms with van der Waals surface area (Å²) in [5, 5.41) is 17.6. The Kier molecular flexibility index (Phi) is 2.11. The van der Waals surface area contributed by atoms with Crippen LogP contribution in [0.2, 0.25) is 0 Å². The van der Waals surface area contributed by atoms with Crippen molar-refractivity contribution in [2.75, 3.05) is 6.61 Å². The third-order valence-corrected chi connectivity index (χ3v) is 1.59. The van der Waals surface area contributed by atoms with E-state index in [2.05, 4.69) is 0 Å².